The number of hydrogen-bond acceptors (Lipinski definition) is 3. The predicted molar refractivity (Wildman–Crippen MR) is 98.1 cm³/mol. The summed E-state index contributed by atoms with van der Waals surface area (Å²) in [5.41, 5.74) is 5.74. The van der Waals surface area contributed by atoms with Gasteiger partial charge in [0.15, 0.2) is 0 Å². The molecule has 140 valence electrons. The Hall–Kier alpha value is -1.01. The van der Waals surface area contributed by atoms with Crippen LogP contribution < -0.4 is 16.4 Å². The molecule has 6 nitrogen and oxygen atoms in total. The number of carbonyl (C=O) groups is 2. The van der Waals surface area contributed by atoms with E-state index in [0.717, 1.165) is 19.4 Å². The molecule has 4 N–H and O–H groups in total. The highest BCUT2D eigenvalue weighted by Gasteiger charge is 2.32. The van der Waals surface area contributed by atoms with Gasteiger partial charge in [0, 0.05) is 38.6 Å². The van der Waals surface area contributed by atoms with Crippen molar-refractivity contribution in [2.45, 2.75) is 52.0 Å². The third kappa shape index (κ3) is 6.85. The summed E-state index contributed by atoms with van der Waals surface area (Å²) < 4.78 is 0. The summed E-state index contributed by atoms with van der Waals surface area (Å²) in [5, 5.41) is 6.04. The highest BCUT2D eigenvalue weighted by molar-refractivity contribution is 5.85. The first-order chi connectivity index (χ1) is 11.0. The van der Waals surface area contributed by atoms with Crippen molar-refractivity contribution in [2.75, 3.05) is 26.2 Å². The van der Waals surface area contributed by atoms with Gasteiger partial charge in [-0.25, -0.2) is 4.79 Å². The molecule has 2 aliphatic rings. The fraction of sp³-hybridized carbons (Fsp3) is 0.882. The molecule has 2 unspecified atom stereocenters. The van der Waals surface area contributed by atoms with Gasteiger partial charge in [0.2, 0.25) is 5.91 Å². The van der Waals surface area contributed by atoms with Gasteiger partial charge in [0.05, 0.1) is 0 Å². The minimum Gasteiger partial charge on any atom is -0.352 e. The largest absolute Gasteiger partial charge is 0.352 e. The minimum absolute atomic E-state index is 0. The molecule has 3 amide bonds. The zero-order valence-electron chi connectivity index (χ0n) is 14.9. The lowest BCUT2D eigenvalue weighted by Crippen LogP contribution is -2.48. The summed E-state index contributed by atoms with van der Waals surface area (Å²) in [5.74, 6) is 1.36. The Labute approximate surface area is 151 Å². The second-order valence-corrected chi connectivity index (χ2v) is 7.49. The minimum atomic E-state index is 0. The molecule has 0 bridgehead atoms. The lowest BCUT2D eigenvalue weighted by Gasteiger charge is -2.33. The first-order valence-corrected chi connectivity index (χ1v) is 9.01. The highest BCUT2D eigenvalue weighted by atomic mass is 35.5. The first kappa shape index (κ1) is 21.0. The number of nitrogens with zero attached hydrogens (tertiary/aromatic N) is 1. The van der Waals surface area contributed by atoms with Gasteiger partial charge in [0.25, 0.3) is 0 Å². The third-order valence-electron chi connectivity index (χ3n) is 4.73. The van der Waals surface area contributed by atoms with Crippen molar-refractivity contribution < 1.29 is 9.59 Å². The molecule has 0 aromatic rings. The number of nitrogens with one attached hydrogen (secondary N) is 2. The number of nitrogens with two attached hydrogens (primary N) is 1. The SMILES string of the molecule is CC(C)CNC(=O)N1CCCC(CC(=O)NC(CN)C2CC2)C1.Cl. The van der Waals surface area contributed by atoms with E-state index >= 15 is 0 Å². The van der Waals surface area contributed by atoms with Crippen LogP contribution in [0.1, 0.15) is 46.0 Å². The summed E-state index contributed by atoms with van der Waals surface area (Å²) in [4.78, 5) is 26.2. The monoisotopic (exact) mass is 360 g/mol. The molecule has 1 saturated heterocycles. The predicted octanol–water partition coefficient (Wildman–Crippen LogP) is 1.73. The standard InChI is InChI=1S/C17H32N4O2.ClH/c1-12(2)10-19-17(23)21-7-3-4-13(11-21)8-16(22)20-15(9-18)14-5-6-14;/h12-15H,3-11,18H2,1-2H3,(H,19,23)(H,20,22);1H. The molecule has 0 aromatic heterocycles. The van der Waals surface area contributed by atoms with Gasteiger partial charge < -0.3 is 21.3 Å². The molecule has 2 rings (SSSR count). The number of likely N-dealkylation sites (tertiary alicyclic amines) is 1. The van der Waals surface area contributed by atoms with E-state index in [9.17, 15) is 9.59 Å². The van der Waals surface area contributed by atoms with Crippen LogP contribution in [0.25, 0.3) is 0 Å². The Balaban J connectivity index is 0.00000288. The van der Waals surface area contributed by atoms with Crippen LogP contribution in [-0.2, 0) is 4.79 Å². The molecule has 0 radical (unpaired) electrons. The van der Waals surface area contributed by atoms with Crippen LogP contribution in [-0.4, -0.2) is 49.1 Å². The fourth-order valence-electron chi connectivity index (χ4n) is 3.22. The van der Waals surface area contributed by atoms with Crippen molar-refractivity contribution in [1.29, 1.82) is 0 Å². The molecular formula is C17H33ClN4O2. The molecule has 0 aromatic carbocycles. The van der Waals surface area contributed by atoms with Gasteiger partial charge in [-0.2, -0.15) is 0 Å². The lowest BCUT2D eigenvalue weighted by molar-refractivity contribution is -0.123. The summed E-state index contributed by atoms with van der Waals surface area (Å²) in [7, 11) is 0. The van der Waals surface area contributed by atoms with Crippen LogP contribution in [0.4, 0.5) is 4.79 Å². The fourth-order valence-corrected chi connectivity index (χ4v) is 3.22. The summed E-state index contributed by atoms with van der Waals surface area (Å²) in [6.07, 6.45) is 4.83. The van der Waals surface area contributed by atoms with Gasteiger partial charge >= 0.3 is 6.03 Å². The maximum Gasteiger partial charge on any atom is 0.317 e. The van der Waals surface area contributed by atoms with E-state index in [2.05, 4.69) is 24.5 Å². The average molecular weight is 361 g/mol. The Kier molecular flexibility index (Phi) is 8.84. The molecule has 1 heterocycles. The van der Waals surface area contributed by atoms with Gasteiger partial charge in [0.1, 0.15) is 0 Å². The van der Waals surface area contributed by atoms with Crippen molar-refractivity contribution in [2.24, 2.45) is 23.5 Å². The number of piperidine rings is 1. The number of amides is 3. The highest BCUT2D eigenvalue weighted by Crippen LogP contribution is 2.32. The van der Waals surface area contributed by atoms with Crippen LogP contribution in [0, 0.1) is 17.8 Å². The van der Waals surface area contributed by atoms with Crippen LogP contribution >= 0.6 is 12.4 Å². The number of urea groups is 1. The van der Waals surface area contributed by atoms with E-state index in [0.29, 0.717) is 37.9 Å². The van der Waals surface area contributed by atoms with Gasteiger partial charge in [-0.05, 0) is 43.4 Å². The van der Waals surface area contributed by atoms with E-state index in [-0.39, 0.29) is 36.3 Å². The van der Waals surface area contributed by atoms with Crippen LogP contribution in [0.5, 0.6) is 0 Å². The molecule has 0 spiro atoms. The number of hydrogen-bond donors (Lipinski definition) is 3. The van der Waals surface area contributed by atoms with Crippen molar-refractivity contribution in [1.82, 2.24) is 15.5 Å². The molecule has 1 aliphatic heterocycles. The maximum atomic E-state index is 12.2. The number of carbonyl (C=O) groups excluding carboxylic acids is 2. The normalized spacial score (nSPS) is 21.8. The molecule has 24 heavy (non-hydrogen) atoms. The first-order valence-electron chi connectivity index (χ1n) is 9.01. The van der Waals surface area contributed by atoms with Crippen molar-refractivity contribution in [3.05, 3.63) is 0 Å². The summed E-state index contributed by atoms with van der Waals surface area (Å²) in [6.45, 7) is 6.84. The molecule has 1 aliphatic carbocycles. The van der Waals surface area contributed by atoms with E-state index in [1.165, 1.54) is 12.8 Å². The Morgan fingerprint density at radius 2 is 1.96 bits per heavy atom. The third-order valence-corrected chi connectivity index (χ3v) is 4.73. The van der Waals surface area contributed by atoms with Crippen LogP contribution in [0.3, 0.4) is 0 Å². The van der Waals surface area contributed by atoms with E-state index in [1.54, 1.807) is 0 Å². The van der Waals surface area contributed by atoms with Crippen LogP contribution in [0.2, 0.25) is 0 Å². The van der Waals surface area contributed by atoms with Crippen LogP contribution in [0.15, 0.2) is 0 Å². The summed E-state index contributed by atoms with van der Waals surface area (Å²) >= 11 is 0. The average Bonchev–Trinajstić information content (AvgIpc) is 3.35. The zero-order valence-corrected chi connectivity index (χ0v) is 15.7. The second kappa shape index (κ2) is 10.1. The second-order valence-electron chi connectivity index (χ2n) is 7.49. The van der Waals surface area contributed by atoms with E-state index in [4.69, 9.17) is 5.73 Å². The lowest BCUT2D eigenvalue weighted by atomic mass is 9.94. The Bertz CT molecular complexity index is 415. The number of halogens is 1. The number of rotatable bonds is 7. The van der Waals surface area contributed by atoms with Crippen molar-refractivity contribution in [3.63, 3.8) is 0 Å². The van der Waals surface area contributed by atoms with Crippen molar-refractivity contribution in [3.8, 4) is 0 Å². The quantitative estimate of drug-likeness (QED) is 0.646. The van der Waals surface area contributed by atoms with E-state index in [1.807, 2.05) is 4.90 Å². The molecule has 1 saturated carbocycles. The smallest absolute Gasteiger partial charge is 0.317 e. The molecule has 2 atom stereocenters. The molecular weight excluding hydrogens is 328 g/mol. The zero-order chi connectivity index (χ0) is 16.8. The van der Waals surface area contributed by atoms with Gasteiger partial charge in [-0.3, -0.25) is 4.79 Å². The van der Waals surface area contributed by atoms with Gasteiger partial charge in [-0.1, -0.05) is 13.8 Å². The van der Waals surface area contributed by atoms with Gasteiger partial charge in [-0.15, -0.1) is 12.4 Å². The topological polar surface area (TPSA) is 87.5 Å². The Morgan fingerprint density at radius 1 is 1.25 bits per heavy atom. The Morgan fingerprint density at radius 3 is 2.54 bits per heavy atom. The van der Waals surface area contributed by atoms with E-state index < -0.39 is 0 Å². The maximum absolute atomic E-state index is 12.2. The van der Waals surface area contributed by atoms with Crippen molar-refractivity contribution >= 4 is 24.3 Å². The molecule has 2 fully saturated rings. The summed E-state index contributed by atoms with van der Waals surface area (Å²) in [6, 6.07) is 0.137. The molecule has 7 heteroatoms.